The molecule has 1 heterocycles. The van der Waals surface area contributed by atoms with Crippen molar-refractivity contribution in [2.24, 2.45) is 11.8 Å². The first-order valence-electron chi connectivity index (χ1n) is 7.09. The highest BCUT2D eigenvalue weighted by Gasteiger charge is 2.21. The average molecular weight is 226 g/mol. The molecule has 0 aromatic carbocycles. The van der Waals surface area contributed by atoms with E-state index in [2.05, 4.69) is 37.9 Å². The second kappa shape index (κ2) is 7.29. The molecule has 2 unspecified atom stereocenters. The van der Waals surface area contributed by atoms with E-state index in [4.69, 9.17) is 0 Å². The molecule has 0 aromatic rings. The maximum Gasteiger partial charge on any atom is 0.0192 e. The van der Waals surface area contributed by atoms with E-state index in [0.29, 0.717) is 6.04 Å². The lowest BCUT2D eigenvalue weighted by Gasteiger charge is -2.28. The van der Waals surface area contributed by atoms with Crippen LogP contribution in [0.4, 0.5) is 0 Å². The van der Waals surface area contributed by atoms with E-state index >= 15 is 0 Å². The van der Waals surface area contributed by atoms with Crippen molar-refractivity contribution < 1.29 is 0 Å². The van der Waals surface area contributed by atoms with Crippen LogP contribution < -0.4 is 5.32 Å². The van der Waals surface area contributed by atoms with Crippen LogP contribution in [0, 0.1) is 11.8 Å². The van der Waals surface area contributed by atoms with Crippen LogP contribution >= 0.6 is 0 Å². The standard InChI is InChI=1S/C14H30N2/c1-5-15-11-13(4)16-9-6-7-14(8-10-16)12(2)3/h12-15H,5-11H2,1-4H3. The molecular weight excluding hydrogens is 196 g/mol. The highest BCUT2D eigenvalue weighted by molar-refractivity contribution is 4.76. The van der Waals surface area contributed by atoms with Crippen molar-refractivity contribution in [3.8, 4) is 0 Å². The Morgan fingerprint density at radius 1 is 1.19 bits per heavy atom. The highest BCUT2D eigenvalue weighted by Crippen LogP contribution is 2.25. The molecule has 16 heavy (non-hydrogen) atoms. The van der Waals surface area contributed by atoms with Gasteiger partial charge in [-0.3, -0.25) is 4.90 Å². The number of hydrogen-bond acceptors (Lipinski definition) is 2. The fourth-order valence-corrected chi connectivity index (χ4v) is 2.73. The van der Waals surface area contributed by atoms with Gasteiger partial charge in [-0.05, 0) is 57.7 Å². The van der Waals surface area contributed by atoms with E-state index in [9.17, 15) is 0 Å². The van der Waals surface area contributed by atoms with Crippen molar-refractivity contribution in [3.63, 3.8) is 0 Å². The summed E-state index contributed by atoms with van der Waals surface area (Å²) in [6.45, 7) is 14.1. The molecule has 0 aromatic heterocycles. The van der Waals surface area contributed by atoms with Gasteiger partial charge in [-0.1, -0.05) is 20.8 Å². The summed E-state index contributed by atoms with van der Waals surface area (Å²) in [5.41, 5.74) is 0. The van der Waals surface area contributed by atoms with Crippen molar-refractivity contribution in [3.05, 3.63) is 0 Å². The van der Waals surface area contributed by atoms with Crippen molar-refractivity contribution in [1.82, 2.24) is 10.2 Å². The zero-order valence-electron chi connectivity index (χ0n) is 11.6. The van der Waals surface area contributed by atoms with Crippen LogP contribution in [0.1, 0.15) is 47.0 Å². The monoisotopic (exact) mass is 226 g/mol. The maximum atomic E-state index is 3.46. The summed E-state index contributed by atoms with van der Waals surface area (Å²) >= 11 is 0. The van der Waals surface area contributed by atoms with Gasteiger partial charge in [0.1, 0.15) is 0 Å². The Labute approximate surface area is 102 Å². The van der Waals surface area contributed by atoms with Gasteiger partial charge in [-0.25, -0.2) is 0 Å². The van der Waals surface area contributed by atoms with Gasteiger partial charge in [0.25, 0.3) is 0 Å². The molecule has 1 aliphatic heterocycles. The Morgan fingerprint density at radius 2 is 1.94 bits per heavy atom. The minimum absolute atomic E-state index is 0.700. The third kappa shape index (κ3) is 4.42. The second-order valence-electron chi connectivity index (χ2n) is 5.63. The molecule has 1 N–H and O–H groups in total. The van der Waals surface area contributed by atoms with Gasteiger partial charge in [0.05, 0.1) is 0 Å². The summed E-state index contributed by atoms with van der Waals surface area (Å²) in [5.74, 6) is 1.82. The smallest absolute Gasteiger partial charge is 0.0192 e. The zero-order chi connectivity index (χ0) is 12.0. The molecule has 2 atom stereocenters. The molecule has 1 rings (SSSR count). The quantitative estimate of drug-likeness (QED) is 0.775. The Bertz CT molecular complexity index is 180. The molecule has 2 heteroatoms. The SMILES string of the molecule is CCNCC(C)N1CCCC(C(C)C)CC1. The van der Waals surface area contributed by atoms with Gasteiger partial charge in [0.15, 0.2) is 0 Å². The van der Waals surface area contributed by atoms with Gasteiger partial charge in [0.2, 0.25) is 0 Å². The van der Waals surface area contributed by atoms with E-state index < -0.39 is 0 Å². The van der Waals surface area contributed by atoms with Gasteiger partial charge in [-0.2, -0.15) is 0 Å². The lowest BCUT2D eigenvalue weighted by atomic mass is 9.89. The lowest BCUT2D eigenvalue weighted by Crippen LogP contribution is -2.41. The van der Waals surface area contributed by atoms with Crippen molar-refractivity contribution in [1.29, 1.82) is 0 Å². The van der Waals surface area contributed by atoms with Gasteiger partial charge < -0.3 is 5.32 Å². The zero-order valence-corrected chi connectivity index (χ0v) is 11.6. The first-order valence-corrected chi connectivity index (χ1v) is 7.09. The predicted molar refractivity (Wildman–Crippen MR) is 71.8 cm³/mol. The molecule has 0 radical (unpaired) electrons. The summed E-state index contributed by atoms with van der Waals surface area (Å²) in [5, 5.41) is 3.46. The van der Waals surface area contributed by atoms with Crippen LogP contribution in [0.15, 0.2) is 0 Å². The number of nitrogens with one attached hydrogen (secondary N) is 1. The second-order valence-corrected chi connectivity index (χ2v) is 5.63. The third-order valence-electron chi connectivity index (χ3n) is 4.06. The lowest BCUT2D eigenvalue weighted by molar-refractivity contribution is 0.207. The summed E-state index contributed by atoms with van der Waals surface area (Å²) in [7, 11) is 0. The largest absolute Gasteiger partial charge is 0.315 e. The molecule has 0 saturated carbocycles. The molecule has 0 bridgehead atoms. The maximum absolute atomic E-state index is 3.46. The molecule has 0 spiro atoms. The minimum atomic E-state index is 0.700. The number of likely N-dealkylation sites (tertiary alicyclic amines) is 1. The van der Waals surface area contributed by atoms with Gasteiger partial charge in [0, 0.05) is 12.6 Å². The van der Waals surface area contributed by atoms with E-state index in [1.165, 1.54) is 32.4 Å². The summed E-state index contributed by atoms with van der Waals surface area (Å²) < 4.78 is 0. The molecular formula is C14H30N2. The minimum Gasteiger partial charge on any atom is -0.315 e. The van der Waals surface area contributed by atoms with Crippen LogP contribution in [-0.4, -0.2) is 37.1 Å². The predicted octanol–water partition coefficient (Wildman–Crippen LogP) is 2.74. The molecule has 1 saturated heterocycles. The molecule has 1 fully saturated rings. The van der Waals surface area contributed by atoms with E-state index in [-0.39, 0.29) is 0 Å². The Kier molecular flexibility index (Phi) is 6.37. The van der Waals surface area contributed by atoms with Gasteiger partial charge in [-0.15, -0.1) is 0 Å². The first-order chi connectivity index (χ1) is 7.65. The third-order valence-corrected chi connectivity index (χ3v) is 4.06. The van der Waals surface area contributed by atoms with Crippen molar-refractivity contribution in [2.75, 3.05) is 26.2 Å². The Hall–Kier alpha value is -0.0800. The fourth-order valence-electron chi connectivity index (χ4n) is 2.73. The number of rotatable bonds is 5. The molecule has 2 nitrogen and oxygen atoms in total. The van der Waals surface area contributed by atoms with Gasteiger partial charge >= 0.3 is 0 Å². The van der Waals surface area contributed by atoms with Crippen LogP contribution in [-0.2, 0) is 0 Å². The highest BCUT2D eigenvalue weighted by atomic mass is 15.2. The molecule has 0 amide bonds. The Balaban J connectivity index is 2.34. The van der Waals surface area contributed by atoms with E-state index in [0.717, 1.165) is 24.9 Å². The average Bonchev–Trinajstić information content (AvgIpc) is 2.51. The number of hydrogen-bond donors (Lipinski definition) is 1. The summed E-state index contributed by atoms with van der Waals surface area (Å²) in [6, 6.07) is 0.700. The summed E-state index contributed by atoms with van der Waals surface area (Å²) in [4.78, 5) is 2.67. The molecule has 1 aliphatic rings. The van der Waals surface area contributed by atoms with E-state index in [1.54, 1.807) is 0 Å². The molecule has 96 valence electrons. The Morgan fingerprint density at radius 3 is 2.56 bits per heavy atom. The normalized spacial score (nSPS) is 25.7. The number of nitrogens with zero attached hydrogens (tertiary/aromatic N) is 1. The fraction of sp³-hybridized carbons (Fsp3) is 1.00. The first kappa shape index (κ1) is 14.0. The van der Waals surface area contributed by atoms with Crippen molar-refractivity contribution in [2.45, 2.75) is 53.0 Å². The number of likely N-dealkylation sites (N-methyl/N-ethyl adjacent to an activating group) is 1. The van der Waals surface area contributed by atoms with Crippen molar-refractivity contribution >= 4 is 0 Å². The van der Waals surface area contributed by atoms with Crippen LogP contribution in [0.3, 0.4) is 0 Å². The molecule has 0 aliphatic carbocycles. The van der Waals surface area contributed by atoms with E-state index in [1.807, 2.05) is 0 Å². The summed E-state index contributed by atoms with van der Waals surface area (Å²) in [6.07, 6.45) is 4.22. The van der Waals surface area contributed by atoms with Crippen LogP contribution in [0.25, 0.3) is 0 Å². The topological polar surface area (TPSA) is 15.3 Å². The van der Waals surface area contributed by atoms with Crippen LogP contribution in [0.2, 0.25) is 0 Å². The van der Waals surface area contributed by atoms with Crippen LogP contribution in [0.5, 0.6) is 0 Å².